The van der Waals surface area contributed by atoms with Gasteiger partial charge in [0.25, 0.3) is 5.91 Å². The number of aryl methyl sites for hydroxylation is 2. The second-order valence-corrected chi connectivity index (χ2v) is 6.37. The fraction of sp³-hybridized carbons (Fsp3) is 0.200. The van der Waals surface area contributed by atoms with Crippen molar-refractivity contribution in [2.24, 2.45) is 0 Å². The number of fused-ring (bicyclic) bond motifs is 2. The van der Waals surface area contributed by atoms with Crippen molar-refractivity contribution in [3.63, 3.8) is 0 Å². The molecule has 4 aromatic rings. The number of hydrogen-bond donors (Lipinski definition) is 1. The summed E-state index contributed by atoms with van der Waals surface area (Å²) in [6.45, 7) is 4.38. The summed E-state index contributed by atoms with van der Waals surface area (Å²) >= 11 is 0. The lowest BCUT2D eigenvalue weighted by molar-refractivity contribution is 0.0953. The van der Waals surface area contributed by atoms with Gasteiger partial charge in [-0.2, -0.15) is 0 Å². The molecule has 1 N–H and O–H groups in total. The minimum Gasteiger partial charge on any atom is -0.352 e. The fourth-order valence-electron chi connectivity index (χ4n) is 3.07. The SMILES string of the molecule is Cc1ccc2nc(C)c(C(=O)NCCc3nnc4ccccn34)cc2c1. The quantitative estimate of drug-likeness (QED) is 0.617. The molecule has 0 fully saturated rings. The maximum Gasteiger partial charge on any atom is 0.253 e. The minimum absolute atomic E-state index is 0.118. The second-order valence-electron chi connectivity index (χ2n) is 6.37. The first-order valence-electron chi connectivity index (χ1n) is 8.57. The van der Waals surface area contributed by atoms with E-state index in [0.717, 1.165) is 33.6 Å². The number of nitrogens with zero attached hydrogens (tertiary/aromatic N) is 4. The van der Waals surface area contributed by atoms with E-state index in [1.54, 1.807) is 0 Å². The third-order valence-corrected chi connectivity index (χ3v) is 4.42. The third-order valence-electron chi connectivity index (χ3n) is 4.42. The van der Waals surface area contributed by atoms with E-state index < -0.39 is 0 Å². The van der Waals surface area contributed by atoms with Crippen LogP contribution in [0.25, 0.3) is 16.6 Å². The Balaban J connectivity index is 1.49. The Hall–Kier alpha value is -3.28. The molecule has 130 valence electrons. The molecule has 0 spiro atoms. The summed E-state index contributed by atoms with van der Waals surface area (Å²) in [6, 6.07) is 13.7. The van der Waals surface area contributed by atoms with Crippen molar-refractivity contribution in [1.29, 1.82) is 0 Å². The van der Waals surface area contributed by atoms with Crippen LogP contribution in [0.2, 0.25) is 0 Å². The number of carbonyl (C=O) groups is 1. The van der Waals surface area contributed by atoms with Crippen molar-refractivity contribution < 1.29 is 4.79 Å². The van der Waals surface area contributed by atoms with Gasteiger partial charge in [-0.05, 0) is 44.2 Å². The molecule has 4 rings (SSSR count). The summed E-state index contributed by atoms with van der Waals surface area (Å²) in [5.41, 5.74) is 4.19. The molecule has 0 saturated carbocycles. The highest BCUT2D eigenvalue weighted by Crippen LogP contribution is 2.18. The first kappa shape index (κ1) is 16.2. The van der Waals surface area contributed by atoms with Gasteiger partial charge in [0.05, 0.1) is 16.8 Å². The molecule has 6 heteroatoms. The van der Waals surface area contributed by atoms with Gasteiger partial charge in [0, 0.05) is 24.5 Å². The van der Waals surface area contributed by atoms with E-state index in [1.807, 2.05) is 66.9 Å². The maximum absolute atomic E-state index is 12.6. The average molecular weight is 345 g/mol. The zero-order valence-electron chi connectivity index (χ0n) is 14.7. The number of amides is 1. The number of pyridine rings is 2. The van der Waals surface area contributed by atoms with Crippen molar-refractivity contribution >= 4 is 22.5 Å². The molecule has 3 heterocycles. The molecule has 0 atom stereocenters. The molecule has 0 unspecified atom stereocenters. The predicted molar refractivity (Wildman–Crippen MR) is 100 cm³/mol. The predicted octanol–water partition coefficient (Wildman–Crippen LogP) is 2.87. The third kappa shape index (κ3) is 3.01. The summed E-state index contributed by atoms with van der Waals surface area (Å²) in [5, 5.41) is 12.2. The van der Waals surface area contributed by atoms with Crippen LogP contribution in [0.3, 0.4) is 0 Å². The van der Waals surface area contributed by atoms with Crippen LogP contribution in [0.4, 0.5) is 0 Å². The number of rotatable bonds is 4. The Morgan fingerprint density at radius 1 is 1.12 bits per heavy atom. The standard InChI is InChI=1S/C20H19N5O/c1-13-6-7-17-15(11-13)12-16(14(2)22-17)20(26)21-9-8-19-24-23-18-5-3-4-10-25(18)19/h3-7,10-12H,8-9H2,1-2H3,(H,21,26). The van der Waals surface area contributed by atoms with Crippen LogP contribution < -0.4 is 5.32 Å². The number of nitrogens with one attached hydrogen (secondary N) is 1. The number of benzene rings is 1. The highest BCUT2D eigenvalue weighted by Gasteiger charge is 2.12. The summed E-state index contributed by atoms with van der Waals surface area (Å²) in [7, 11) is 0. The van der Waals surface area contributed by atoms with Gasteiger partial charge in [-0.15, -0.1) is 10.2 Å². The molecule has 26 heavy (non-hydrogen) atoms. The Morgan fingerprint density at radius 3 is 2.88 bits per heavy atom. The summed E-state index contributed by atoms with van der Waals surface area (Å²) in [4.78, 5) is 17.1. The molecule has 0 aliphatic rings. The minimum atomic E-state index is -0.118. The van der Waals surface area contributed by atoms with Crippen molar-refractivity contribution in [2.45, 2.75) is 20.3 Å². The summed E-state index contributed by atoms with van der Waals surface area (Å²) in [6.07, 6.45) is 2.53. The van der Waals surface area contributed by atoms with Crippen molar-refractivity contribution in [3.05, 3.63) is 71.3 Å². The highest BCUT2D eigenvalue weighted by atomic mass is 16.1. The van der Waals surface area contributed by atoms with Gasteiger partial charge in [0.1, 0.15) is 5.82 Å². The first-order valence-corrected chi connectivity index (χ1v) is 8.57. The zero-order valence-corrected chi connectivity index (χ0v) is 14.7. The van der Waals surface area contributed by atoms with E-state index in [-0.39, 0.29) is 5.91 Å². The van der Waals surface area contributed by atoms with Crippen molar-refractivity contribution in [1.82, 2.24) is 24.9 Å². The van der Waals surface area contributed by atoms with E-state index in [0.29, 0.717) is 18.5 Å². The molecule has 6 nitrogen and oxygen atoms in total. The van der Waals surface area contributed by atoms with Crippen LogP contribution in [-0.4, -0.2) is 32.0 Å². The average Bonchev–Trinajstić information content (AvgIpc) is 3.05. The molecular formula is C20H19N5O. The number of aromatic nitrogens is 4. The van der Waals surface area contributed by atoms with Crippen LogP contribution in [0, 0.1) is 13.8 Å². The summed E-state index contributed by atoms with van der Waals surface area (Å²) in [5.74, 6) is 0.706. The van der Waals surface area contributed by atoms with Gasteiger partial charge in [-0.25, -0.2) is 0 Å². The van der Waals surface area contributed by atoms with Crippen molar-refractivity contribution in [3.8, 4) is 0 Å². The molecule has 1 aromatic carbocycles. The number of hydrogen-bond acceptors (Lipinski definition) is 4. The smallest absolute Gasteiger partial charge is 0.253 e. The second kappa shape index (κ2) is 6.55. The lowest BCUT2D eigenvalue weighted by atomic mass is 10.1. The van der Waals surface area contributed by atoms with Gasteiger partial charge in [-0.1, -0.05) is 17.7 Å². The molecule has 0 aliphatic carbocycles. The van der Waals surface area contributed by atoms with E-state index in [2.05, 4.69) is 20.5 Å². The molecule has 1 amide bonds. The van der Waals surface area contributed by atoms with Crippen LogP contribution in [-0.2, 0) is 6.42 Å². The topological polar surface area (TPSA) is 72.2 Å². The van der Waals surface area contributed by atoms with Crippen LogP contribution in [0.5, 0.6) is 0 Å². The molecule has 0 aliphatic heterocycles. The van der Waals surface area contributed by atoms with Gasteiger partial charge < -0.3 is 5.32 Å². The van der Waals surface area contributed by atoms with E-state index in [1.165, 1.54) is 0 Å². The Labute approximate surface area is 150 Å². The number of carbonyl (C=O) groups excluding carboxylic acids is 1. The normalized spacial score (nSPS) is 11.2. The van der Waals surface area contributed by atoms with Gasteiger partial charge in [0.2, 0.25) is 0 Å². The summed E-state index contributed by atoms with van der Waals surface area (Å²) < 4.78 is 1.93. The fourth-order valence-corrected chi connectivity index (χ4v) is 3.07. The molecule has 0 radical (unpaired) electrons. The Bertz CT molecular complexity index is 1120. The maximum atomic E-state index is 12.6. The molecule has 0 bridgehead atoms. The largest absolute Gasteiger partial charge is 0.352 e. The lowest BCUT2D eigenvalue weighted by Gasteiger charge is -2.09. The van der Waals surface area contributed by atoms with E-state index in [4.69, 9.17) is 0 Å². The van der Waals surface area contributed by atoms with E-state index in [9.17, 15) is 4.79 Å². The monoisotopic (exact) mass is 345 g/mol. The van der Waals surface area contributed by atoms with E-state index >= 15 is 0 Å². The van der Waals surface area contributed by atoms with Crippen LogP contribution >= 0.6 is 0 Å². The van der Waals surface area contributed by atoms with Gasteiger partial charge in [-0.3, -0.25) is 14.2 Å². The van der Waals surface area contributed by atoms with Gasteiger partial charge >= 0.3 is 0 Å². The first-order chi connectivity index (χ1) is 12.6. The molecule has 3 aromatic heterocycles. The zero-order chi connectivity index (χ0) is 18.1. The highest BCUT2D eigenvalue weighted by molar-refractivity contribution is 5.98. The molecular weight excluding hydrogens is 326 g/mol. The van der Waals surface area contributed by atoms with Crippen LogP contribution in [0.1, 0.15) is 27.4 Å². The van der Waals surface area contributed by atoms with Crippen LogP contribution in [0.15, 0.2) is 48.7 Å². The van der Waals surface area contributed by atoms with Crippen molar-refractivity contribution in [2.75, 3.05) is 6.54 Å². The Morgan fingerprint density at radius 2 is 2.00 bits per heavy atom. The Kier molecular flexibility index (Phi) is 4.08. The van der Waals surface area contributed by atoms with Gasteiger partial charge in [0.15, 0.2) is 5.65 Å². The lowest BCUT2D eigenvalue weighted by Crippen LogP contribution is -2.27. The molecule has 0 saturated heterocycles.